The molecule has 0 aliphatic heterocycles. The van der Waals surface area contributed by atoms with Gasteiger partial charge in [-0.2, -0.15) is 0 Å². The molecule has 0 aromatic carbocycles. The van der Waals surface area contributed by atoms with Gasteiger partial charge in [0.2, 0.25) is 0 Å². The maximum Gasteiger partial charge on any atom is 0.0499 e. The quantitative estimate of drug-likeness (QED) is 0.795. The molecule has 2 saturated carbocycles. The standard InChI is InChI=1S/C17H33NO/c1-14(2)15-6-8-16(9-7-15)18-12-17(13-19)10-4-3-5-11-17/h14-16,18-19H,3-13H2,1-2H3. The van der Waals surface area contributed by atoms with Crippen LogP contribution >= 0.6 is 0 Å². The van der Waals surface area contributed by atoms with Gasteiger partial charge in [-0.25, -0.2) is 0 Å². The second kappa shape index (κ2) is 7.08. The maximum atomic E-state index is 9.75. The molecule has 0 spiro atoms. The van der Waals surface area contributed by atoms with E-state index in [9.17, 15) is 5.11 Å². The first-order valence-corrected chi connectivity index (χ1v) is 8.49. The fourth-order valence-corrected chi connectivity index (χ4v) is 4.04. The monoisotopic (exact) mass is 267 g/mol. The average molecular weight is 267 g/mol. The van der Waals surface area contributed by atoms with Gasteiger partial charge in [-0.05, 0) is 50.4 Å². The van der Waals surface area contributed by atoms with E-state index in [1.807, 2.05) is 0 Å². The first-order chi connectivity index (χ1) is 9.15. The van der Waals surface area contributed by atoms with Crippen LogP contribution in [0, 0.1) is 17.3 Å². The van der Waals surface area contributed by atoms with E-state index >= 15 is 0 Å². The van der Waals surface area contributed by atoms with Crippen molar-refractivity contribution in [2.24, 2.45) is 17.3 Å². The fraction of sp³-hybridized carbons (Fsp3) is 1.00. The Morgan fingerprint density at radius 3 is 2.21 bits per heavy atom. The van der Waals surface area contributed by atoms with E-state index in [-0.39, 0.29) is 5.41 Å². The molecule has 0 aromatic rings. The lowest BCUT2D eigenvalue weighted by Crippen LogP contribution is -2.44. The summed E-state index contributed by atoms with van der Waals surface area (Å²) in [5.74, 6) is 1.79. The molecule has 112 valence electrons. The lowest BCUT2D eigenvalue weighted by Gasteiger charge is -2.38. The number of hydrogen-bond donors (Lipinski definition) is 2. The molecule has 0 aromatic heterocycles. The molecule has 2 rings (SSSR count). The number of aliphatic hydroxyl groups is 1. The van der Waals surface area contributed by atoms with Crippen molar-refractivity contribution >= 4 is 0 Å². The Morgan fingerprint density at radius 1 is 1.05 bits per heavy atom. The summed E-state index contributed by atoms with van der Waals surface area (Å²) in [5.41, 5.74) is 0.202. The highest BCUT2D eigenvalue weighted by Gasteiger charge is 2.32. The van der Waals surface area contributed by atoms with Gasteiger partial charge in [-0.1, -0.05) is 33.1 Å². The third-order valence-corrected chi connectivity index (χ3v) is 5.73. The van der Waals surface area contributed by atoms with E-state index in [0.29, 0.717) is 12.6 Å². The Hall–Kier alpha value is -0.0800. The van der Waals surface area contributed by atoms with E-state index in [1.165, 1.54) is 57.8 Å². The van der Waals surface area contributed by atoms with Gasteiger partial charge in [0.1, 0.15) is 0 Å². The minimum absolute atomic E-state index is 0.202. The first-order valence-electron chi connectivity index (χ1n) is 8.49. The van der Waals surface area contributed by atoms with E-state index in [4.69, 9.17) is 0 Å². The summed E-state index contributed by atoms with van der Waals surface area (Å²) < 4.78 is 0. The van der Waals surface area contributed by atoms with Crippen LogP contribution in [-0.4, -0.2) is 24.3 Å². The Labute approximate surface area is 119 Å². The molecule has 2 nitrogen and oxygen atoms in total. The number of rotatable bonds is 5. The SMILES string of the molecule is CC(C)C1CCC(NCC2(CO)CCCCC2)CC1. The third kappa shape index (κ3) is 4.19. The highest BCUT2D eigenvalue weighted by Crippen LogP contribution is 2.36. The van der Waals surface area contributed by atoms with Gasteiger partial charge in [0.15, 0.2) is 0 Å². The molecule has 0 saturated heterocycles. The molecule has 19 heavy (non-hydrogen) atoms. The molecule has 0 heterocycles. The van der Waals surface area contributed by atoms with Gasteiger partial charge < -0.3 is 10.4 Å². The minimum atomic E-state index is 0.202. The molecule has 2 heteroatoms. The zero-order valence-electron chi connectivity index (χ0n) is 13.0. The summed E-state index contributed by atoms with van der Waals surface area (Å²) >= 11 is 0. The Kier molecular flexibility index (Phi) is 5.70. The Morgan fingerprint density at radius 2 is 1.68 bits per heavy atom. The van der Waals surface area contributed by atoms with Crippen LogP contribution in [0.3, 0.4) is 0 Å². The predicted molar refractivity (Wildman–Crippen MR) is 81.2 cm³/mol. The summed E-state index contributed by atoms with van der Waals surface area (Å²) in [6.07, 6.45) is 11.9. The lowest BCUT2D eigenvalue weighted by atomic mass is 9.74. The number of hydrogen-bond acceptors (Lipinski definition) is 2. The lowest BCUT2D eigenvalue weighted by molar-refractivity contribution is 0.0750. The van der Waals surface area contributed by atoms with Gasteiger partial charge in [-0.15, -0.1) is 0 Å². The molecular formula is C17H33NO. The van der Waals surface area contributed by atoms with Crippen LogP contribution in [-0.2, 0) is 0 Å². The summed E-state index contributed by atoms with van der Waals surface area (Å²) in [6.45, 7) is 6.14. The van der Waals surface area contributed by atoms with Gasteiger partial charge in [0.05, 0.1) is 0 Å². The normalized spacial score (nSPS) is 31.6. The molecule has 0 atom stereocenters. The van der Waals surface area contributed by atoms with Gasteiger partial charge >= 0.3 is 0 Å². The Bertz CT molecular complexity index is 250. The smallest absolute Gasteiger partial charge is 0.0499 e. The number of nitrogens with one attached hydrogen (secondary N) is 1. The van der Waals surface area contributed by atoms with Gasteiger partial charge in [-0.3, -0.25) is 0 Å². The van der Waals surface area contributed by atoms with Crippen LogP contribution in [0.15, 0.2) is 0 Å². The van der Waals surface area contributed by atoms with Crippen LogP contribution in [0.1, 0.15) is 71.6 Å². The zero-order chi connectivity index (χ0) is 13.7. The largest absolute Gasteiger partial charge is 0.396 e. The molecule has 2 aliphatic rings. The molecule has 2 aliphatic carbocycles. The average Bonchev–Trinajstić information content (AvgIpc) is 2.46. The second-order valence-corrected chi connectivity index (χ2v) is 7.46. The maximum absolute atomic E-state index is 9.75. The molecule has 2 N–H and O–H groups in total. The van der Waals surface area contributed by atoms with Crippen LogP contribution in [0.25, 0.3) is 0 Å². The summed E-state index contributed by atoms with van der Waals surface area (Å²) in [6, 6.07) is 0.709. The molecule has 0 unspecified atom stereocenters. The third-order valence-electron chi connectivity index (χ3n) is 5.73. The van der Waals surface area contributed by atoms with Crippen LogP contribution in [0.4, 0.5) is 0 Å². The van der Waals surface area contributed by atoms with Crippen molar-refractivity contribution in [3.8, 4) is 0 Å². The molecule has 0 radical (unpaired) electrons. The highest BCUT2D eigenvalue weighted by atomic mass is 16.3. The first kappa shape index (κ1) is 15.3. The van der Waals surface area contributed by atoms with Crippen LogP contribution < -0.4 is 5.32 Å². The van der Waals surface area contributed by atoms with Gasteiger partial charge in [0.25, 0.3) is 0 Å². The summed E-state index contributed by atoms with van der Waals surface area (Å²) in [5, 5.41) is 13.5. The van der Waals surface area contributed by atoms with Gasteiger partial charge in [0, 0.05) is 24.6 Å². The highest BCUT2D eigenvalue weighted by molar-refractivity contribution is 4.87. The fourth-order valence-electron chi connectivity index (χ4n) is 4.04. The van der Waals surface area contributed by atoms with E-state index in [0.717, 1.165) is 18.4 Å². The van der Waals surface area contributed by atoms with Crippen molar-refractivity contribution in [1.82, 2.24) is 5.32 Å². The van der Waals surface area contributed by atoms with Crippen molar-refractivity contribution in [3.05, 3.63) is 0 Å². The predicted octanol–water partition coefficient (Wildman–Crippen LogP) is 3.73. The van der Waals surface area contributed by atoms with Crippen molar-refractivity contribution in [1.29, 1.82) is 0 Å². The van der Waals surface area contributed by atoms with Crippen LogP contribution in [0.2, 0.25) is 0 Å². The van der Waals surface area contributed by atoms with Crippen molar-refractivity contribution < 1.29 is 5.11 Å². The van der Waals surface area contributed by atoms with Crippen molar-refractivity contribution in [2.75, 3.05) is 13.2 Å². The molecule has 0 amide bonds. The van der Waals surface area contributed by atoms with E-state index < -0.39 is 0 Å². The Balaban J connectivity index is 1.73. The zero-order valence-corrected chi connectivity index (χ0v) is 13.0. The van der Waals surface area contributed by atoms with Crippen LogP contribution in [0.5, 0.6) is 0 Å². The van der Waals surface area contributed by atoms with E-state index in [2.05, 4.69) is 19.2 Å². The molecule has 2 fully saturated rings. The summed E-state index contributed by atoms with van der Waals surface area (Å²) in [7, 11) is 0. The molecule has 0 bridgehead atoms. The molecular weight excluding hydrogens is 234 g/mol. The minimum Gasteiger partial charge on any atom is -0.396 e. The van der Waals surface area contributed by atoms with Crippen molar-refractivity contribution in [2.45, 2.75) is 77.7 Å². The van der Waals surface area contributed by atoms with E-state index in [1.54, 1.807) is 0 Å². The topological polar surface area (TPSA) is 32.3 Å². The second-order valence-electron chi connectivity index (χ2n) is 7.46. The summed E-state index contributed by atoms with van der Waals surface area (Å²) in [4.78, 5) is 0. The van der Waals surface area contributed by atoms with Crippen molar-refractivity contribution in [3.63, 3.8) is 0 Å². The number of aliphatic hydroxyl groups excluding tert-OH is 1.